The van der Waals surface area contributed by atoms with E-state index in [1.807, 2.05) is 45.0 Å². The molecule has 1 saturated heterocycles. The Morgan fingerprint density at radius 2 is 1.88 bits per heavy atom. The highest BCUT2D eigenvalue weighted by Crippen LogP contribution is 2.40. The fraction of sp³-hybridized carbons (Fsp3) is 0.385. The molecule has 0 bridgehead atoms. The first-order chi connectivity index (χ1) is 15.4. The van der Waals surface area contributed by atoms with Crippen molar-refractivity contribution in [1.82, 2.24) is 4.90 Å². The van der Waals surface area contributed by atoms with Crippen molar-refractivity contribution in [2.45, 2.75) is 39.7 Å². The molecule has 1 atom stereocenters. The highest BCUT2D eigenvalue weighted by atomic mass is 16.5. The summed E-state index contributed by atoms with van der Waals surface area (Å²) in [4.78, 5) is 27.5. The van der Waals surface area contributed by atoms with Crippen molar-refractivity contribution < 1.29 is 24.2 Å². The number of ketones is 1. The van der Waals surface area contributed by atoms with Crippen molar-refractivity contribution in [3.8, 4) is 5.75 Å². The van der Waals surface area contributed by atoms with Crippen molar-refractivity contribution in [2.75, 3.05) is 26.9 Å². The maximum absolute atomic E-state index is 13.1. The van der Waals surface area contributed by atoms with Crippen LogP contribution in [-0.4, -0.2) is 48.6 Å². The zero-order valence-corrected chi connectivity index (χ0v) is 19.2. The number of aliphatic hydroxyl groups is 1. The van der Waals surface area contributed by atoms with Crippen molar-refractivity contribution in [3.63, 3.8) is 0 Å². The first-order valence-corrected chi connectivity index (χ1v) is 11.0. The fourth-order valence-corrected chi connectivity index (χ4v) is 4.00. The van der Waals surface area contributed by atoms with Gasteiger partial charge in [0.1, 0.15) is 11.5 Å². The summed E-state index contributed by atoms with van der Waals surface area (Å²) >= 11 is 0. The number of carbonyl (C=O) groups is 2. The van der Waals surface area contributed by atoms with Crippen LogP contribution >= 0.6 is 0 Å². The van der Waals surface area contributed by atoms with Crippen molar-refractivity contribution in [1.29, 1.82) is 0 Å². The van der Waals surface area contributed by atoms with E-state index in [2.05, 4.69) is 0 Å². The quantitative estimate of drug-likeness (QED) is 0.270. The van der Waals surface area contributed by atoms with Crippen molar-refractivity contribution in [2.24, 2.45) is 0 Å². The van der Waals surface area contributed by atoms with Crippen LogP contribution in [0.1, 0.15) is 48.1 Å². The number of likely N-dealkylation sites (tertiary alicyclic amines) is 1. The zero-order valence-electron chi connectivity index (χ0n) is 19.2. The van der Waals surface area contributed by atoms with Gasteiger partial charge in [-0.1, -0.05) is 36.8 Å². The third kappa shape index (κ3) is 4.86. The molecule has 0 aromatic heterocycles. The molecule has 6 nitrogen and oxygen atoms in total. The number of ether oxygens (including phenoxy) is 2. The van der Waals surface area contributed by atoms with E-state index >= 15 is 0 Å². The summed E-state index contributed by atoms with van der Waals surface area (Å²) in [6.45, 7) is 7.32. The molecule has 1 N–H and O–H groups in total. The minimum absolute atomic E-state index is 0.111. The second-order valence-electron chi connectivity index (χ2n) is 8.08. The number of benzene rings is 2. The topological polar surface area (TPSA) is 76.1 Å². The first kappa shape index (κ1) is 23.5. The predicted molar refractivity (Wildman–Crippen MR) is 124 cm³/mol. The number of nitrogens with zero attached hydrogens (tertiary/aromatic N) is 1. The number of hydrogen-bond donors (Lipinski definition) is 1. The third-order valence-electron chi connectivity index (χ3n) is 5.56. The molecule has 1 aliphatic heterocycles. The summed E-state index contributed by atoms with van der Waals surface area (Å²) in [6, 6.07) is 12.3. The molecule has 1 amide bonds. The van der Waals surface area contributed by atoms with Crippen LogP contribution in [0, 0.1) is 13.8 Å². The van der Waals surface area contributed by atoms with Crippen LogP contribution in [0.5, 0.6) is 5.75 Å². The molecule has 1 fully saturated rings. The molecule has 3 rings (SSSR count). The van der Waals surface area contributed by atoms with Gasteiger partial charge < -0.3 is 19.5 Å². The van der Waals surface area contributed by atoms with E-state index < -0.39 is 17.7 Å². The molecular weight excluding hydrogens is 406 g/mol. The van der Waals surface area contributed by atoms with E-state index in [1.165, 1.54) is 4.90 Å². The molecule has 0 spiro atoms. The number of amides is 1. The van der Waals surface area contributed by atoms with Crippen LogP contribution in [0.3, 0.4) is 0 Å². The molecule has 1 heterocycles. The second kappa shape index (κ2) is 10.5. The van der Waals surface area contributed by atoms with Gasteiger partial charge in [-0.05, 0) is 56.0 Å². The average molecular weight is 438 g/mol. The van der Waals surface area contributed by atoms with Gasteiger partial charge in [0.05, 0.1) is 18.2 Å². The SMILES string of the molecule is CCCOc1ccc(/C(O)=C2/C(=O)C(=O)N(CCCOC)C2c2cccc(C)c2)cc1C. The summed E-state index contributed by atoms with van der Waals surface area (Å²) in [5.74, 6) is -0.711. The zero-order chi connectivity index (χ0) is 23.3. The van der Waals surface area contributed by atoms with E-state index in [9.17, 15) is 14.7 Å². The highest BCUT2D eigenvalue weighted by molar-refractivity contribution is 6.46. The molecule has 0 radical (unpaired) electrons. The maximum atomic E-state index is 13.1. The smallest absolute Gasteiger partial charge is 0.295 e. The number of hydrogen-bond acceptors (Lipinski definition) is 5. The summed E-state index contributed by atoms with van der Waals surface area (Å²) in [7, 11) is 1.60. The molecule has 6 heteroatoms. The lowest BCUT2D eigenvalue weighted by Gasteiger charge is -2.25. The lowest BCUT2D eigenvalue weighted by molar-refractivity contribution is -0.140. The Labute approximate surface area is 189 Å². The Morgan fingerprint density at radius 3 is 2.53 bits per heavy atom. The van der Waals surface area contributed by atoms with Gasteiger partial charge in [0.2, 0.25) is 0 Å². The molecule has 1 aliphatic rings. The Hall–Kier alpha value is -3.12. The van der Waals surface area contributed by atoms with E-state index in [4.69, 9.17) is 9.47 Å². The predicted octanol–water partition coefficient (Wildman–Crippen LogP) is 4.55. The van der Waals surface area contributed by atoms with E-state index in [0.717, 1.165) is 28.9 Å². The standard InChI is InChI=1S/C26H31NO5/c1-5-13-32-21-11-10-20(16-18(21)3)24(28)22-23(19-9-6-8-17(2)15-19)27(12-7-14-31-4)26(30)25(22)29/h6,8-11,15-16,23,28H,5,7,12-14H2,1-4H3/b24-22-. The second-order valence-corrected chi connectivity index (χ2v) is 8.08. The Kier molecular flexibility index (Phi) is 7.70. The third-order valence-corrected chi connectivity index (χ3v) is 5.56. The van der Waals surface area contributed by atoms with Gasteiger partial charge in [-0.15, -0.1) is 0 Å². The molecule has 32 heavy (non-hydrogen) atoms. The lowest BCUT2D eigenvalue weighted by Crippen LogP contribution is -2.31. The lowest BCUT2D eigenvalue weighted by atomic mass is 9.94. The Bertz CT molecular complexity index is 1030. The van der Waals surface area contributed by atoms with Crippen LogP contribution in [0.15, 0.2) is 48.0 Å². The monoisotopic (exact) mass is 437 g/mol. The molecule has 2 aromatic carbocycles. The summed E-state index contributed by atoms with van der Waals surface area (Å²) < 4.78 is 10.8. The van der Waals surface area contributed by atoms with Crippen LogP contribution < -0.4 is 4.74 Å². The van der Waals surface area contributed by atoms with Gasteiger partial charge in [0.25, 0.3) is 11.7 Å². The number of methoxy groups -OCH3 is 1. The summed E-state index contributed by atoms with van der Waals surface area (Å²) in [5, 5.41) is 11.2. The fourth-order valence-electron chi connectivity index (χ4n) is 4.00. The number of carbonyl (C=O) groups excluding carboxylic acids is 2. The Balaban J connectivity index is 2.08. The van der Waals surface area contributed by atoms with Crippen LogP contribution in [-0.2, 0) is 14.3 Å². The van der Waals surface area contributed by atoms with Gasteiger partial charge in [0, 0.05) is 25.8 Å². The average Bonchev–Trinajstić information content (AvgIpc) is 3.03. The van der Waals surface area contributed by atoms with Gasteiger partial charge in [-0.3, -0.25) is 9.59 Å². The number of aryl methyl sites for hydroxylation is 2. The Morgan fingerprint density at radius 1 is 1.09 bits per heavy atom. The van der Waals surface area contributed by atoms with E-state index in [1.54, 1.807) is 25.3 Å². The van der Waals surface area contributed by atoms with Gasteiger partial charge in [-0.2, -0.15) is 0 Å². The highest BCUT2D eigenvalue weighted by Gasteiger charge is 2.45. The van der Waals surface area contributed by atoms with Crippen molar-refractivity contribution >= 4 is 17.4 Å². The maximum Gasteiger partial charge on any atom is 0.295 e. The van der Waals surface area contributed by atoms with Crippen LogP contribution in [0.2, 0.25) is 0 Å². The first-order valence-electron chi connectivity index (χ1n) is 11.0. The van der Waals surface area contributed by atoms with Crippen LogP contribution in [0.25, 0.3) is 5.76 Å². The van der Waals surface area contributed by atoms with E-state index in [-0.39, 0.29) is 11.3 Å². The molecule has 2 aromatic rings. The molecule has 0 aliphatic carbocycles. The molecule has 0 saturated carbocycles. The van der Waals surface area contributed by atoms with Gasteiger partial charge in [-0.25, -0.2) is 0 Å². The normalized spacial score (nSPS) is 17.8. The summed E-state index contributed by atoms with van der Waals surface area (Å²) in [5.41, 5.74) is 3.25. The van der Waals surface area contributed by atoms with Gasteiger partial charge >= 0.3 is 0 Å². The number of Topliss-reactive ketones (excluding diaryl/α,β-unsaturated/α-hetero) is 1. The largest absolute Gasteiger partial charge is 0.507 e. The minimum Gasteiger partial charge on any atom is -0.507 e. The van der Waals surface area contributed by atoms with Gasteiger partial charge in [0.15, 0.2) is 0 Å². The molecule has 1 unspecified atom stereocenters. The number of aliphatic hydroxyl groups excluding tert-OH is 1. The van der Waals surface area contributed by atoms with Crippen molar-refractivity contribution in [3.05, 3.63) is 70.3 Å². The van der Waals surface area contributed by atoms with Crippen LogP contribution in [0.4, 0.5) is 0 Å². The summed E-state index contributed by atoms with van der Waals surface area (Å²) in [6.07, 6.45) is 1.48. The molecular formula is C26H31NO5. The minimum atomic E-state index is -0.671. The number of rotatable bonds is 9. The molecule has 170 valence electrons. The van der Waals surface area contributed by atoms with E-state index in [0.29, 0.717) is 31.7 Å².